The number of aromatic nitrogens is 5. The van der Waals surface area contributed by atoms with E-state index in [2.05, 4.69) is 30.8 Å². The van der Waals surface area contributed by atoms with Gasteiger partial charge in [-0.2, -0.15) is 33.1 Å². The standard InChI is InChI=1S/C20H22F3N9O/c21-20(22,23)13-6-5-11(9-16(13)32-27-7-8-28-32)29-18-12(17(25)33)10-26-19(31-18)30-15-4-2-1-3-14(15)24/h5-10,14-15H,1-4,24H2,(H2,25,33)(H2,26,29,30,31)/t14-,15+/m0/s1. The predicted molar refractivity (Wildman–Crippen MR) is 114 cm³/mol. The van der Waals surface area contributed by atoms with Gasteiger partial charge in [0.15, 0.2) is 0 Å². The molecule has 10 nitrogen and oxygen atoms in total. The molecule has 1 fully saturated rings. The SMILES string of the molecule is NC(=O)c1cnc(N[C@@H]2CCCC[C@@H]2N)nc1Nc1ccc(C(F)(F)F)c(-n2nccn2)c1. The van der Waals surface area contributed by atoms with Crippen LogP contribution in [0.25, 0.3) is 5.69 Å². The number of nitrogens with two attached hydrogens (primary N) is 2. The molecule has 1 aromatic carbocycles. The smallest absolute Gasteiger partial charge is 0.365 e. The Bertz CT molecular complexity index is 1130. The summed E-state index contributed by atoms with van der Waals surface area (Å²) in [4.78, 5) is 21.2. The molecule has 33 heavy (non-hydrogen) atoms. The van der Waals surface area contributed by atoms with Crippen LogP contribution in [0.3, 0.4) is 0 Å². The number of carbonyl (C=O) groups excluding carboxylic acids is 1. The molecular formula is C20H22F3N9O. The van der Waals surface area contributed by atoms with Crippen LogP contribution >= 0.6 is 0 Å². The van der Waals surface area contributed by atoms with Gasteiger partial charge < -0.3 is 22.1 Å². The van der Waals surface area contributed by atoms with Crippen LogP contribution in [0.4, 0.5) is 30.6 Å². The van der Waals surface area contributed by atoms with Gasteiger partial charge in [-0.3, -0.25) is 4.79 Å². The highest BCUT2D eigenvalue weighted by Gasteiger charge is 2.34. The van der Waals surface area contributed by atoms with E-state index in [1.165, 1.54) is 30.7 Å². The van der Waals surface area contributed by atoms with Crippen molar-refractivity contribution in [3.8, 4) is 5.69 Å². The van der Waals surface area contributed by atoms with Gasteiger partial charge in [0.2, 0.25) is 5.95 Å². The molecule has 13 heteroatoms. The summed E-state index contributed by atoms with van der Waals surface area (Å²) in [5.74, 6) is -0.520. The highest BCUT2D eigenvalue weighted by molar-refractivity contribution is 5.98. The van der Waals surface area contributed by atoms with Crippen molar-refractivity contribution in [2.45, 2.75) is 43.9 Å². The van der Waals surface area contributed by atoms with E-state index in [0.717, 1.165) is 36.5 Å². The lowest BCUT2D eigenvalue weighted by Crippen LogP contribution is -2.43. The first-order chi connectivity index (χ1) is 15.7. The van der Waals surface area contributed by atoms with Crippen molar-refractivity contribution in [1.82, 2.24) is 25.0 Å². The fraction of sp³-hybridized carbons (Fsp3) is 0.350. The van der Waals surface area contributed by atoms with Crippen molar-refractivity contribution in [3.05, 3.63) is 47.9 Å². The maximum Gasteiger partial charge on any atom is 0.418 e. The molecule has 3 aromatic rings. The summed E-state index contributed by atoms with van der Waals surface area (Å²) < 4.78 is 40.5. The van der Waals surface area contributed by atoms with Crippen LogP contribution in [0.5, 0.6) is 0 Å². The Kier molecular flexibility index (Phi) is 6.14. The number of halogens is 3. The number of alkyl halides is 3. The number of carbonyl (C=O) groups is 1. The van der Waals surface area contributed by atoms with Crippen LogP contribution < -0.4 is 22.1 Å². The molecule has 6 N–H and O–H groups in total. The van der Waals surface area contributed by atoms with Crippen molar-refractivity contribution in [3.63, 3.8) is 0 Å². The van der Waals surface area contributed by atoms with E-state index in [1.54, 1.807) is 0 Å². The third-order valence-corrected chi connectivity index (χ3v) is 5.39. The van der Waals surface area contributed by atoms with Crippen LogP contribution in [0.2, 0.25) is 0 Å². The minimum absolute atomic E-state index is 0.0212. The molecule has 0 saturated heterocycles. The van der Waals surface area contributed by atoms with Gasteiger partial charge in [0, 0.05) is 24.0 Å². The van der Waals surface area contributed by atoms with Crippen molar-refractivity contribution in [1.29, 1.82) is 0 Å². The molecule has 0 bridgehead atoms. The monoisotopic (exact) mass is 461 g/mol. The van der Waals surface area contributed by atoms with Crippen molar-refractivity contribution < 1.29 is 18.0 Å². The van der Waals surface area contributed by atoms with Gasteiger partial charge in [-0.05, 0) is 31.0 Å². The molecule has 0 spiro atoms. The highest BCUT2D eigenvalue weighted by Crippen LogP contribution is 2.35. The molecule has 2 atom stereocenters. The summed E-state index contributed by atoms with van der Waals surface area (Å²) in [7, 11) is 0. The lowest BCUT2D eigenvalue weighted by atomic mass is 9.91. The molecule has 1 aliphatic carbocycles. The van der Waals surface area contributed by atoms with Crippen LogP contribution in [-0.4, -0.2) is 43.0 Å². The number of hydrogen-bond acceptors (Lipinski definition) is 8. The maximum absolute atomic E-state index is 13.5. The normalized spacial score (nSPS) is 18.7. The van der Waals surface area contributed by atoms with Gasteiger partial charge in [0.05, 0.1) is 23.6 Å². The molecule has 0 unspecified atom stereocenters. The van der Waals surface area contributed by atoms with Gasteiger partial charge in [-0.15, -0.1) is 0 Å². The number of amides is 1. The summed E-state index contributed by atoms with van der Waals surface area (Å²) in [6, 6.07) is 3.22. The fourth-order valence-corrected chi connectivity index (χ4v) is 3.72. The lowest BCUT2D eigenvalue weighted by Gasteiger charge is -2.29. The molecule has 1 aliphatic rings. The zero-order valence-electron chi connectivity index (χ0n) is 17.4. The third-order valence-electron chi connectivity index (χ3n) is 5.39. The largest absolute Gasteiger partial charge is 0.418 e. The van der Waals surface area contributed by atoms with Crippen LogP contribution in [0.1, 0.15) is 41.6 Å². The van der Waals surface area contributed by atoms with Crippen LogP contribution in [-0.2, 0) is 6.18 Å². The van der Waals surface area contributed by atoms with E-state index in [1.807, 2.05) is 0 Å². The molecule has 2 aromatic heterocycles. The Labute approximate surface area is 186 Å². The van der Waals surface area contributed by atoms with Crippen LogP contribution in [0, 0.1) is 0 Å². The zero-order chi connectivity index (χ0) is 23.6. The first kappa shape index (κ1) is 22.5. The molecule has 0 radical (unpaired) electrons. The maximum atomic E-state index is 13.5. The topological polar surface area (TPSA) is 150 Å². The van der Waals surface area contributed by atoms with Crippen molar-refractivity contribution >= 4 is 23.4 Å². The fourth-order valence-electron chi connectivity index (χ4n) is 3.72. The molecule has 4 rings (SSSR count). The molecule has 0 aliphatic heterocycles. The Morgan fingerprint density at radius 1 is 1.15 bits per heavy atom. The number of anilines is 3. The average Bonchev–Trinajstić information content (AvgIpc) is 3.29. The minimum Gasteiger partial charge on any atom is -0.365 e. The first-order valence-electron chi connectivity index (χ1n) is 10.3. The second kappa shape index (κ2) is 9.02. The van der Waals surface area contributed by atoms with Gasteiger partial charge in [-0.25, -0.2) is 4.98 Å². The minimum atomic E-state index is -4.62. The third kappa shape index (κ3) is 5.03. The highest BCUT2D eigenvalue weighted by atomic mass is 19.4. The molecular weight excluding hydrogens is 439 g/mol. The Morgan fingerprint density at radius 3 is 2.55 bits per heavy atom. The number of nitrogens with zero attached hydrogens (tertiary/aromatic N) is 5. The molecule has 2 heterocycles. The number of primary amides is 1. The lowest BCUT2D eigenvalue weighted by molar-refractivity contribution is -0.137. The Morgan fingerprint density at radius 2 is 1.88 bits per heavy atom. The summed E-state index contributed by atoms with van der Waals surface area (Å²) in [5, 5.41) is 13.6. The van der Waals surface area contributed by atoms with Crippen LogP contribution in [0.15, 0.2) is 36.8 Å². The summed E-state index contributed by atoms with van der Waals surface area (Å²) >= 11 is 0. The number of benzene rings is 1. The second-order valence-corrected chi connectivity index (χ2v) is 7.69. The second-order valence-electron chi connectivity index (χ2n) is 7.69. The van der Waals surface area contributed by atoms with Gasteiger partial charge in [0.1, 0.15) is 11.4 Å². The summed E-state index contributed by atoms with van der Waals surface area (Å²) in [5.41, 5.74) is 10.6. The van der Waals surface area contributed by atoms with Gasteiger partial charge >= 0.3 is 6.18 Å². The Hall–Kier alpha value is -3.74. The number of nitrogens with one attached hydrogen (secondary N) is 2. The first-order valence-corrected chi connectivity index (χ1v) is 10.3. The molecule has 1 amide bonds. The van der Waals surface area contributed by atoms with Gasteiger partial charge in [0.25, 0.3) is 5.91 Å². The van der Waals surface area contributed by atoms with E-state index in [-0.39, 0.29) is 40.8 Å². The molecule has 1 saturated carbocycles. The van der Waals surface area contributed by atoms with E-state index in [0.29, 0.717) is 0 Å². The molecule has 174 valence electrons. The number of rotatable bonds is 6. The quantitative estimate of drug-likeness (QED) is 0.438. The number of hydrogen-bond donors (Lipinski definition) is 4. The summed E-state index contributed by atoms with van der Waals surface area (Å²) in [6.45, 7) is 0. The Balaban J connectivity index is 1.67. The average molecular weight is 461 g/mol. The van der Waals surface area contributed by atoms with E-state index >= 15 is 0 Å². The zero-order valence-corrected chi connectivity index (χ0v) is 17.4. The van der Waals surface area contributed by atoms with E-state index < -0.39 is 17.6 Å². The van der Waals surface area contributed by atoms with Crippen molar-refractivity contribution in [2.24, 2.45) is 11.5 Å². The van der Waals surface area contributed by atoms with E-state index in [4.69, 9.17) is 11.5 Å². The van der Waals surface area contributed by atoms with E-state index in [9.17, 15) is 18.0 Å². The van der Waals surface area contributed by atoms with Crippen molar-refractivity contribution in [2.75, 3.05) is 10.6 Å². The van der Waals surface area contributed by atoms with Gasteiger partial charge in [-0.1, -0.05) is 12.8 Å². The summed E-state index contributed by atoms with van der Waals surface area (Å²) in [6.07, 6.45) is 2.97. The predicted octanol–water partition coefficient (Wildman–Crippen LogP) is 2.60.